The van der Waals surface area contributed by atoms with E-state index in [4.69, 9.17) is 23.7 Å². The van der Waals surface area contributed by atoms with E-state index in [1.54, 1.807) is 33.9 Å². The summed E-state index contributed by atoms with van der Waals surface area (Å²) in [5, 5.41) is 10.5. The van der Waals surface area contributed by atoms with Crippen LogP contribution in [0.4, 0.5) is 0 Å². The molecular weight excluding hydrogens is 488 g/mol. The van der Waals surface area contributed by atoms with E-state index in [2.05, 4.69) is 0 Å². The fourth-order valence-electron chi connectivity index (χ4n) is 4.00. The lowest BCUT2D eigenvalue weighted by molar-refractivity contribution is 0.0495. The largest absolute Gasteiger partial charge is 0.507 e. The number of aromatic hydroxyl groups is 1. The number of carbonyl (C=O) groups excluding carboxylic acids is 2. The highest BCUT2D eigenvalue weighted by molar-refractivity contribution is 5.97. The van der Waals surface area contributed by atoms with Gasteiger partial charge >= 0.3 is 11.9 Å². The van der Waals surface area contributed by atoms with Crippen LogP contribution in [0.3, 0.4) is 0 Å². The lowest BCUT2D eigenvalue weighted by atomic mass is 10.0. The van der Waals surface area contributed by atoms with Crippen LogP contribution in [0.25, 0.3) is 0 Å². The number of unbranched alkanes of at least 4 members (excludes halogenated alkanes) is 1. The molecule has 202 valence electrons. The standard InChI is InChI=1S/C30H34O8/c1-7-8-13-36-29(32)26-18(2)14-23(16-24(26)31)38-30(33)27-19(3)15-25(20(4)28(27)35-6)37-17-21-9-11-22(34-5)12-10-21/h9-12,14-16,31H,7-8,13,17H2,1-6H3. The van der Waals surface area contributed by atoms with Crippen molar-refractivity contribution in [1.29, 1.82) is 0 Å². The van der Waals surface area contributed by atoms with Crippen molar-refractivity contribution in [2.45, 2.75) is 47.1 Å². The van der Waals surface area contributed by atoms with Gasteiger partial charge in [-0.05, 0) is 68.1 Å². The second kappa shape index (κ2) is 12.9. The van der Waals surface area contributed by atoms with Gasteiger partial charge in [0.1, 0.15) is 46.5 Å². The van der Waals surface area contributed by atoms with Gasteiger partial charge in [0, 0.05) is 11.6 Å². The fraction of sp³-hybridized carbons (Fsp3) is 0.333. The molecule has 1 N–H and O–H groups in total. The molecule has 0 bridgehead atoms. The first kappa shape index (κ1) is 28.4. The van der Waals surface area contributed by atoms with Gasteiger partial charge in [-0.1, -0.05) is 25.5 Å². The van der Waals surface area contributed by atoms with Gasteiger partial charge < -0.3 is 28.8 Å². The second-order valence-electron chi connectivity index (χ2n) is 8.87. The minimum atomic E-state index is -0.666. The molecular formula is C30H34O8. The van der Waals surface area contributed by atoms with Crippen LogP contribution in [0, 0.1) is 20.8 Å². The molecule has 0 heterocycles. The predicted octanol–water partition coefficient (Wildman–Crippen LogP) is 6.09. The Hall–Kier alpha value is -4.20. The number of ether oxygens (including phenoxy) is 5. The van der Waals surface area contributed by atoms with E-state index in [0.717, 1.165) is 24.2 Å². The highest BCUT2D eigenvalue weighted by Crippen LogP contribution is 2.36. The van der Waals surface area contributed by atoms with E-state index in [1.165, 1.54) is 19.2 Å². The molecule has 0 aliphatic rings. The Morgan fingerprint density at radius 2 is 1.53 bits per heavy atom. The van der Waals surface area contributed by atoms with E-state index in [0.29, 0.717) is 34.8 Å². The molecule has 0 aliphatic heterocycles. The molecule has 8 heteroatoms. The normalized spacial score (nSPS) is 10.6. The summed E-state index contributed by atoms with van der Waals surface area (Å²) in [5.41, 5.74) is 2.91. The van der Waals surface area contributed by atoms with E-state index in [9.17, 15) is 14.7 Å². The number of phenols is 1. The lowest BCUT2D eigenvalue weighted by Gasteiger charge is -2.18. The number of methoxy groups -OCH3 is 2. The molecule has 3 rings (SSSR count). The van der Waals surface area contributed by atoms with E-state index in [-0.39, 0.29) is 29.2 Å². The zero-order valence-corrected chi connectivity index (χ0v) is 22.7. The number of benzene rings is 3. The first-order chi connectivity index (χ1) is 18.2. The molecule has 0 saturated heterocycles. The molecule has 0 amide bonds. The van der Waals surface area contributed by atoms with Crippen molar-refractivity contribution >= 4 is 11.9 Å². The molecule has 0 fully saturated rings. The molecule has 0 unspecified atom stereocenters. The Morgan fingerprint density at radius 1 is 0.842 bits per heavy atom. The first-order valence-corrected chi connectivity index (χ1v) is 12.4. The van der Waals surface area contributed by atoms with Crippen LogP contribution in [0.2, 0.25) is 0 Å². The molecule has 3 aromatic carbocycles. The van der Waals surface area contributed by atoms with E-state index in [1.807, 2.05) is 31.2 Å². The van der Waals surface area contributed by atoms with Gasteiger partial charge in [0.25, 0.3) is 0 Å². The first-order valence-electron chi connectivity index (χ1n) is 12.4. The van der Waals surface area contributed by atoms with Crippen LogP contribution >= 0.6 is 0 Å². The summed E-state index contributed by atoms with van der Waals surface area (Å²) < 4.78 is 27.6. The van der Waals surface area contributed by atoms with Crippen molar-refractivity contribution in [2.75, 3.05) is 20.8 Å². The highest BCUT2D eigenvalue weighted by Gasteiger charge is 2.24. The summed E-state index contributed by atoms with van der Waals surface area (Å²) in [4.78, 5) is 25.6. The number of hydrogen-bond donors (Lipinski definition) is 1. The van der Waals surface area contributed by atoms with Crippen LogP contribution in [0.15, 0.2) is 42.5 Å². The Bertz CT molecular complexity index is 1270. The van der Waals surface area contributed by atoms with Crippen molar-refractivity contribution in [3.63, 3.8) is 0 Å². The molecule has 0 spiro atoms. The van der Waals surface area contributed by atoms with Crippen LogP contribution in [0.1, 0.15) is 62.7 Å². The SMILES string of the molecule is CCCCOC(=O)c1c(C)cc(OC(=O)c2c(C)cc(OCc3ccc(OC)cc3)c(C)c2OC)cc1O. The van der Waals surface area contributed by atoms with Crippen LogP contribution < -0.4 is 18.9 Å². The summed E-state index contributed by atoms with van der Waals surface area (Å²) in [5.74, 6) is 0.148. The summed E-state index contributed by atoms with van der Waals surface area (Å²) in [6, 6.07) is 12.0. The van der Waals surface area contributed by atoms with Crippen LogP contribution in [0.5, 0.6) is 28.7 Å². The predicted molar refractivity (Wildman–Crippen MR) is 143 cm³/mol. The third-order valence-electron chi connectivity index (χ3n) is 6.07. The summed E-state index contributed by atoms with van der Waals surface area (Å²) in [7, 11) is 3.08. The van der Waals surface area contributed by atoms with Gasteiger partial charge in [-0.25, -0.2) is 9.59 Å². The van der Waals surface area contributed by atoms with Gasteiger partial charge in [-0.15, -0.1) is 0 Å². The summed E-state index contributed by atoms with van der Waals surface area (Å²) in [6.07, 6.45) is 1.61. The third-order valence-corrected chi connectivity index (χ3v) is 6.07. The number of aryl methyl sites for hydroxylation is 2. The molecule has 38 heavy (non-hydrogen) atoms. The maximum Gasteiger partial charge on any atom is 0.347 e. The number of carbonyl (C=O) groups is 2. The monoisotopic (exact) mass is 522 g/mol. The van der Waals surface area contributed by atoms with Gasteiger partial charge in [0.15, 0.2) is 0 Å². The number of rotatable bonds is 11. The van der Waals surface area contributed by atoms with E-state index < -0.39 is 11.9 Å². The van der Waals surface area contributed by atoms with Crippen molar-refractivity contribution in [3.05, 3.63) is 75.8 Å². The maximum atomic E-state index is 13.2. The minimum absolute atomic E-state index is 0.0452. The summed E-state index contributed by atoms with van der Waals surface area (Å²) >= 11 is 0. The smallest absolute Gasteiger partial charge is 0.347 e. The Morgan fingerprint density at radius 3 is 2.13 bits per heavy atom. The zero-order chi connectivity index (χ0) is 27.8. The summed E-state index contributed by atoms with van der Waals surface area (Å²) in [6.45, 7) is 7.77. The molecule has 0 aromatic heterocycles. The fourth-order valence-corrected chi connectivity index (χ4v) is 4.00. The van der Waals surface area contributed by atoms with Gasteiger partial charge in [-0.3, -0.25) is 0 Å². The Kier molecular flexibility index (Phi) is 9.60. The number of esters is 2. The molecule has 0 aliphatic carbocycles. The molecule has 0 atom stereocenters. The van der Waals surface area contributed by atoms with Gasteiger partial charge in [-0.2, -0.15) is 0 Å². The van der Waals surface area contributed by atoms with Crippen molar-refractivity contribution < 1.29 is 38.4 Å². The Labute approximate surface area is 223 Å². The molecule has 3 aromatic rings. The number of hydrogen-bond acceptors (Lipinski definition) is 8. The van der Waals surface area contributed by atoms with Crippen molar-refractivity contribution in [2.24, 2.45) is 0 Å². The number of phenolic OH excluding ortho intramolecular Hbond substituents is 1. The average molecular weight is 523 g/mol. The lowest BCUT2D eigenvalue weighted by Crippen LogP contribution is -2.14. The Balaban J connectivity index is 1.80. The van der Waals surface area contributed by atoms with Crippen molar-refractivity contribution in [3.8, 4) is 28.7 Å². The van der Waals surface area contributed by atoms with Crippen LogP contribution in [-0.4, -0.2) is 37.9 Å². The van der Waals surface area contributed by atoms with Crippen LogP contribution in [-0.2, 0) is 11.3 Å². The molecule has 0 saturated carbocycles. The topological polar surface area (TPSA) is 101 Å². The quantitative estimate of drug-likeness (QED) is 0.183. The third kappa shape index (κ3) is 6.56. The second-order valence-corrected chi connectivity index (χ2v) is 8.87. The highest BCUT2D eigenvalue weighted by atomic mass is 16.5. The molecule has 8 nitrogen and oxygen atoms in total. The minimum Gasteiger partial charge on any atom is -0.507 e. The maximum absolute atomic E-state index is 13.2. The van der Waals surface area contributed by atoms with E-state index >= 15 is 0 Å². The zero-order valence-electron chi connectivity index (χ0n) is 22.7. The van der Waals surface area contributed by atoms with Gasteiger partial charge in [0.2, 0.25) is 0 Å². The molecule has 0 radical (unpaired) electrons. The van der Waals surface area contributed by atoms with Crippen molar-refractivity contribution in [1.82, 2.24) is 0 Å². The average Bonchev–Trinajstić information content (AvgIpc) is 2.88. The van der Waals surface area contributed by atoms with Gasteiger partial charge in [0.05, 0.1) is 20.8 Å².